The Morgan fingerprint density at radius 3 is 3.00 bits per heavy atom. The predicted molar refractivity (Wildman–Crippen MR) is 48.5 cm³/mol. The number of hydrogen-bond acceptors (Lipinski definition) is 3. The lowest BCUT2D eigenvalue weighted by Gasteiger charge is -1.89. The second kappa shape index (κ2) is 2.65. The number of ketones is 1. The Balaban J connectivity index is 2.85. The van der Waals surface area contributed by atoms with Gasteiger partial charge in [0.25, 0.3) is 0 Å². The van der Waals surface area contributed by atoms with E-state index in [4.69, 9.17) is 0 Å². The van der Waals surface area contributed by atoms with Crippen LogP contribution >= 0.6 is 0 Å². The molecular formula is C9H9N3O. The molecule has 13 heavy (non-hydrogen) atoms. The van der Waals surface area contributed by atoms with Crippen molar-refractivity contribution in [3.63, 3.8) is 0 Å². The fourth-order valence-corrected chi connectivity index (χ4v) is 1.37. The summed E-state index contributed by atoms with van der Waals surface area (Å²) < 4.78 is 1.69. The minimum atomic E-state index is -0.0291. The molecule has 0 atom stereocenters. The van der Waals surface area contributed by atoms with Crippen molar-refractivity contribution >= 4 is 16.7 Å². The zero-order valence-corrected chi connectivity index (χ0v) is 7.48. The predicted octanol–water partition coefficient (Wildman–Crippen LogP) is 1.17. The van der Waals surface area contributed by atoms with Crippen LogP contribution in [0.3, 0.4) is 0 Å². The van der Waals surface area contributed by atoms with Crippen molar-refractivity contribution in [3.8, 4) is 0 Å². The lowest BCUT2D eigenvalue weighted by atomic mass is 10.2. The van der Waals surface area contributed by atoms with Gasteiger partial charge in [0.15, 0.2) is 5.78 Å². The fraction of sp³-hybridized carbons (Fsp3) is 0.222. The third-order valence-electron chi connectivity index (χ3n) is 1.99. The lowest BCUT2D eigenvalue weighted by Crippen LogP contribution is -1.95. The van der Waals surface area contributed by atoms with Crippen molar-refractivity contribution < 1.29 is 4.79 Å². The summed E-state index contributed by atoms with van der Waals surface area (Å²) in [4.78, 5) is 15.1. The number of nitrogens with zero attached hydrogens (tertiary/aromatic N) is 3. The van der Waals surface area contributed by atoms with Crippen LogP contribution < -0.4 is 0 Å². The molecule has 2 aromatic rings. The molecule has 0 radical (unpaired) electrons. The summed E-state index contributed by atoms with van der Waals surface area (Å²) in [5, 5.41) is 4.93. The Morgan fingerprint density at radius 1 is 1.54 bits per heavy atom. The number of hydrogen-bond donors (Lipinski definition) is 0. The molecule has 0 saturated carbocycles. The first-order valence-electron chi connectivity index (χ1n) is 3.98. The zero-order chi connectivity index (χ0) is 9.42. The van der Waals surface area contributed by atoms with E-state index >= 15 is 0 Å². The van der Waals surface area contributed by atoms with E-state index in [9.17, 15) is 4.79 Å². The fourth-order valence-electron chi connectivity index (χ4n) is 1.37. The summed E-state index contributed by atoms with van der Waals surface area (Å²) in [5.74, 6) is -0.0291. The summed E-state index contributed by atoms with van der Waals surface area (Å²) >= 11 is 0. The van der Waals surface area contributed by atoms with Crippen LogP contribution in [0.5, 0.6) is 0 Å². The van der Waals surface area contributed by atoms with Crippen LogP contribution in [0.4, 0.5) is 0 Å². The second-order valence-corrected chi connectivity index (χ2v) is 2.92. The molecular weight excluding hydrogens is 166 g/mol. The van der Waals surface area contributed by atoms with Gasteiger partial charge in [-0.05, 0) is 6.07 Å². The van der Waals surface area contributed by atoms with E-state index in [-0.39, 0.29) is 5.78 Å². The van der Waals surface area contributed by atoms with Gasteiger partial charge in [-0.2, -0.15) is 5.10 Å². The summed E-state index contributed by atoms with van der Waals surface area (Å²) in [5.41, 5.74) is 1.42. The van der Waals surface area contributed by atoms with Crippen molar-refractivity contribution in [2.24, 2.45) is 7.05 Å². The number of Topliss-reactive ketones (excluding diaryl/α,β-unsaturated/α-hetero) is 1. The van der Waals surface area contributed by atoms with Gasteiger partial charge in [0.2, 0.25) is 0 Å². The Hall–Kier alpha value is -1.71. The van der Waals surface area contributed by atoms with Crippen LogP contribution in [0.15, 0.2) is 18.5 Å². The van der Waals surface area contributed by atoms with E-state index in [1.54, 1.807) is 17.1 Å². The largest absolute Gasteiger partial charge is 0.293 e. The van der Waals surface area contributed by atoms with E-state index in [0.717, 1.165) is 10.9 Å². The van der Waals surface area contributed by atoms with Gasteiger partial charge in [0.05, 0.1) is 5.52 Å². The molecule has 0 spiro atoms. The lowest BCUT2D eigenvalue weighted by molar-refractivity contribution is 0.101. The van der Waals surface area contributed by atoms with Gasteiger partial charge in [-0.3, -0.25) is 14.5 Å². The summed E-state index contributed by atoms with van der Waals surface area (Å²) in [7, 11) is 1.81. The van der Waals surface area contributed by atoms with Gasteiger partial charge in [0, 0.05) is 31.8 Å². The summed E-state index contributed by atoms with van der Waals surface area (Å²) in [6.45, 7) is 1.51. The van der Waals surface area contributed by atoms with Crippen LogP contribution in [-0.2, 0) is 7.05 Å². The number of carbonyl (C=O) groups is 1. The highest BCUT2D eigenvalue weighted by molar-refractivity contribution is 6.04. The first-order chi connectivity index (χ1) is 6.20. The molecule has 0 aliphatic heterocycles. The highest BCUT2D eigenvalue weighted by atomic mass is 16.1. The molecule has 2 heterocycles. The molecule has 0 unspecified atom stereocenters. The van der Waals surface area contributed by atoms with Crippen LogP contribution in [0.1, 0.15) is 17.4 Å². The van der Waals surface area contributed by atoms with Crippen molar-refractivity contribution in [1.29, 1.82) is 0 Å². The van der Waals surface area contributed by atoms with Crippen LogP contribution in [-0.4, -0.2) is 20.5 Å². The van der Waals surface area contributed by atoms with Crippen molar-refractivity contribution in [2.45, 2.75) is 6.92 Å². The maximum absolute atomic E-state index is 11.2. The zero-order valence-electron chi connectivity index (χ0n) is 7.48. The third kappa shape index (κ3) is 1.11. The molecule has 0 aliphatic rings. The van der Waals surface area contributed by atoms with Crippen LogP contribution in [0.25, 0.3) is 10.9 Å². The van der Waals surface area contributed by atoms with E-state index < -0.39 is 0 Å². The molecule has 0 N–H and O–H groups in total. The topological polar surface area (TPSA) is 47.8 Å². The second-order valence-electron chi connectivity index (χ2n) is 2.92. The minimum absolute atomic E-state index is 0.0291. The first-order valence-corrected chi connectivity index (χ1v) is 3.98. The van der Waals surface area contributed by atoms with Crippen molar-refractivity contribution in [1.82, 2.24) is 14.8 Å². The molecule has 4 nitrogen and oxygen atoms in total. The van der Waals surface area contributed by atoms with Gasteiger partial charge in [0.1, 0.15) is 5.69 Å². The molecule has 0 saturated heterocycles. The Labute approximate surface area is 75.2 Å². The maximum atomic E-state index is 11.2. The molecule has 0 bridgehead atoms. The first kappa shape index (κ1) is 7.91. The normalized spacial score (nSPS) is 10.6. The SMILES string of the molecule is CC(=O)c1nn(C)c2ccncc12. The van der Waals surface area contributed by atoms with Crippen LogP contribution in [0.2, 0.25) is 0 Å². The van der Waals surface area contributed by atoms with Gasteiger partial charge < -0.3 is 0 Å². The molecule has 4 heteroatoms. The Morgan fingerprint density at radius 2 is 2.31 bits per heavy atom. The van der Waals surface area contributed by atoms with Gasteiger partial charge >= 0.3 is 0 Å². The number of rotatable bonds is 1. The smallest absolute Gasteiger partial charge is 0.180 e. The minimum Gasteiger partial charge on any atom is -0.293 e. The van der Waals surface area contributed by atoms with Crippen LogP contribution in [0, 0.1) is 0 Å². The summed E-state index contributed by atoms with van der Waals surface area (Å²) in [6.07, 6.45) is 3.35. The monoisotopic (exact) mass is 175 g/mol. The highest BCUT2D eigenvalue weighted by Crippen LogP contribution is 2.15. The number of aromatic nitrogens is 3. The van der Waals surface area contributed by atoms with Gasteiger partial charge in [-0.25, -0.2) is 0 Å². The molecule has 0 amide bonds. The van der Waals surface area contributed by atoms with E-state index in [0.29, 0.717) is 5.69 Å². The molecule has 0 fully saturated rings. The number of pyridine rings is 1. The van der Waals surface area contributed by atoms with Gasteiger partial charge in [-0.1, -0.05) is 0 Å². The number of fused-ring (bicyclic) bond motifs is 1. The molecule has 2 aromatic heterocycles. The maximum Gasteiger partial charge on any atom is 0.180 e. The van der Waals surface area contributed by atoms with E-state index in [1.165, 1.54) is 6.92 Å². The van der Waals surface area contributed by atoms with Gasteiger partial charge in [-0.15, -0.1) is 0 Å². The number of aryl methyl sites for hydroxylation is 1. The van der Waals surface area contributed by atoms with E-state index in [1.807, 2.05) is 13.1 Å². The van der Waals surface area contributed by atoms with E-state index in [2.05, 4.69) is 10.1 Å². The third-order valence-corrected chi connectivity index (χ3v) is 1.99. The Kier molecular flexibility index (Phi) is 1.62. The molecule has 0 aromatic carbocycles. The molecule has 0 aliphatic carbocycles. The molecule has 66 valence electrons. The van der Waals surface area contributed by atoms with Crippen molar-refractivity contribution in [3.05, 3.63) is 24.2 Å². The number of carbonyl (C=O) groups excluding carboxylic acids is 1. The standard InChI is InChI=1S/C9H9N3O/c1-6(13)9-7-5-10-4-3-8(7)12(2)11-9/h3-5H,1-2H3. The summed E-state index contributed by atoms with van der Waals surface area (Å²) in [6, 6.07) is 1.84. The molecule has 2 rings (SSSR count). The quantitative estimate of drug-likeness (QED) is 0.611. The average molecular weight is 175 g/mol. The van der Waals surface area contributed by atoms with Crippen molar-refractivity contribution in [2.75, 3.05) is 0 Å². The highest BCUT2D eigenvalue weighted by Gasteiger charge is 2.11. The average Bonchev–Trinajstić information content (AvgIpc) is 2.45. The Bertz CT molecular complexity index is 473.